The minimum absolute atomic E-state index is 0.0139. The molecule has 0 aliphatic heterocycles. The first kappa shape index (κ1) is 9.31. The first-order valence-corrected chi connectivity index (χ1v) is 4.88. The molecule has 5 heteroatoms. The molecule has 1 N–H and O–H groups in total. The van der Waals surface area contributed by atoms with E-state index in [-0.39, 0.29) is 6.04 Å². The van der Waals surface area contributed by atoms with Crippen LogP contribution in [0.2, 0.25) is 10.3 Å². The number of hydrogen-bond donors (Lipinski definition) is 1. The molecule has 0 unspecified atom stereocenters. The van der Waals surface area contributed by atoms with Crippen LogP contribution in [-0.4, -0.2) is 20.3 Å². The third-order valence-electron chi connectivity index (χ3n) is 2.67. The molecule has 0 spiro atoms. The molecule has 2 rings (SSSR count). The molecule has 0 bridgehead atoms. The summed E-state index contributed by atoms with van der Waals surface area (Å²) in [7, 11) is 0. The second-order valence-corrected chi connectivity index (χ2v) is 4.36. The Morgan fingerprint density at radius 1 is 1.69 bits per heavy atom. The van der Waals surface area contributed by atoms with Crippen molar-refractivity contribution in [1.82, 2.24) is 9.55 Å². The largest absolute Gasteiger partial charge is 0.388 e. The molecule has 0 amide bonds. The van der Waals surface area contributed by atoms with E-state index < -0.39 is 5.60 Å². The Labute approximate surface area is 86.3 Å². The van der Waals surface area contributed by atoms with E-state index in [4.69, 9.17) is 23.2 Å². The minimum Gasteiger partial charge on any atom is -0.388 e. The Morgan fingerprint density at radius 3 is 2.69 bits per heavy atom. The van der Waals surface area contributed by atoms with E-state index in [1.54, 1.807) is 17.8 Å². The summed E-state index contributed by atoms with van der Waals surface area (Å²) < 4.78 is 1.73. The van der Waals surface area contributed by atoms with E-state index in [1.807, 2.05) is 0 Å². The number of aliphatic hydroxyl groups is 1. The highest BCUT2D eigenvalue weighted by atomic mass is 35.5. The molecular formula is C8H10Cl2N2O. The van der Waals surface area contributed by atoms with Gasteiger partial charge in [0.05, 0.1) is 18.0 Å². The molecule has 3 nitrogen and oxygen atoms in total. The maximum atomic E-state index is 9.81. The molecule has 1 aromatic heterocycles. The maximum Gasteiger partial charge on any atom is 0.166 e. The van der Waals surface area contributed by atoms with E-state index in [2.05, 4.69) is 4.98 Å². The van der Waals surface area contributed by atoms with Crippen LogP contribution in [0.5, 0.6) is 0 Å². The highest BCUT2D eigenvalue weighted by molar-refractivity contribution is 6.40. The predicted octanol–water partition coefficient (Wildman–Crippen LogP) is 2.28. The van der Waals surface area contributed by atoms with Crippen molar-refractivity contribution in [2.75, 3.05) is 0 Å². The van der Waals surface area contributed by atoms with Gasteiger partial charge in [0.2, 0.25) is 0 Å². The number of halogens is 2. The van der Waals surface area contributed by atoms with E-state index in [9.17, 15) is 5.11 Å². The average Bonchev–Trinajstić information content (AvgIpc) is 2.35. The molecule has 1 aliphatic rings. The number of aromatic nitrogens is 2. The normalized spacial score (nSPS) is 33.1. The number of rotatable bonds is 1. The Hall–Kier alpha value is -0.250. The SMILES string of the molecule is C[C@]1(O)CC[C@@H]1n1cnc(Cl)c1Cl. The molecule has 0 saturated heterocycles. The lowest BCUT2D eigenvalue weighted by Crippen LogP contribution is -2.45. The second-order valence-electron chi connectivity index (χ2n) is 3.65. The van der Waals surface area contributed by atoms with Crippen molar-refractivity contribution < 1.29 is 5.11 Å². The Bertz CT molecular complexity index is 335. The summed E-state index contributed by atoms with van der Waals surface area (Å²) >= 11 is 11.6. The molecule has 13 heavy (non-hydrogen) atoms. The van der Waals surface area contributed by atoms with Gasteiger partial charge in [0, 0.05) is 0 Å². The van der Waals surface area contributed by atoms with Gasteiger partial charge in [0.25, 0.3) is 0 Å². The molecular weight excluding hydrogens is 211 g/mol. The second kappa shape index (κ2) is 2.87. The summed E-state index contributed by atoms with van der Waals surface area (Å²) in [6, 6.07) is 0.0139. The van der Waals surface area contributed by atoms with Crippen LogP contribution in [0, 0.1) is 0 Å². The van der Waals surface area contributed by atoms with Crippen LogP contribution in [-0.2, 0) is 0 Å². The molecule has 1 saturated carbocycles. The lowest BCUT2D eigenvalue weighted by molar-refractivity contribution is -0.0691. The van der Waals surface area contributed by atoms with Gasteiger partial charge in [0.1, 0.15) is 5.15 Å². The van der Waals surface area contributed by atoms with Crippen molar-refractivity contribution in [3.05, 3.63) is 16.6 Å². The standard InChI is InChI=1S/C8H10Cl2N2O/c1-8(13)3-2-5(8)12-4-11-6(9)7(12)10/h4-5,13H,2-3H2,1H3/t5-,8-/m0/s1. The van der Waals surface area contributed by atoms with Gasteiger partial charge in [-0.3, -0.25) is 0 Å². The summed E-state index contributed by atoms with van der Waals surface area (Å²) in [5.74, 6) is 0. The van der Waals surface area contributed by atoms with E-state index in [1.165, 1.54) is 0 Å². The summed E-state index contributed by atoms with van der Waals surface area (Å²) in [6.45, 7) is 1.80. The third kappa shape index (κ3) is 1.35. The Balaban J connectivity index is 2.31. The molecule has 0 aromatic carbocycles. The van der Waals surface area contributed by atoms with Crippen LogP contribution in [0.25, 0.3) is 0 Å². The molecule has 0 radical (unpaired) electrons. The Kier molecular flexibility index (Phi) is 2.06. The van der Waals surface area contributed by atoms with E-state index >= 15 is 0 Å². The molecule has 1 aliphatic carbocycles. The maximum absolute atomic E-state index is 9.81. The van der Waals surface area contributed by atoms with Crippen molar-refractivity contribution in [3.63, 3.8) is 0 Å². The molecule has 2 atom stereocenters. The third-order valence-corrected chi connectivity index (χ3v) is 3.42. The molecule has 1 fully saturated rings. The number of nitrogens with zero attached hydrogens (tertiary/aromatic N) is 2. The van der Waals surface area contributed by atoms with Gasteiger partial charge >= 0.3 is 0 Å². The van der Waals surface area contributed by atoms with Crippen molar-refractivity contribution in [2.24, 2.45) is 0 Å². The van der Waals surface area contributed by atoms with Crippen molar-refractivity contribution in [3.8, 4) is 0 Å². The van der Waals surface area contributed by atoms with Crippen LogP contribution in [0.3, 0.4) is 0 Å². The predicted molar refractivity (Wildman–Crippen MR) is 51.1 cm³/mol. The lowest BCUT2D eigenvalue weighted by atomic mass is 9.76. The van der Waals surface area contributed by atoms with Gasteiger partial charge in [-0.1, -0.05) is 23.2 Å². The van der Waals surface area contributed by atoms with Crippen molar-refractivity contribution in [2.45, 2.75) is 31.4 Å². The topological polar surface area (TPSA) is 38.0 Å². The fraction of sp³-hybridized carbons (Fsp3) is 0.625. The summed E-state index contributed by atoms with van der Waals surface area (Å²) in [5.41, 5.74) is -0.673. The van der Waals surface area contributed by atoms with Crippen LogP contribution in [0.1, 0.15) is 25.8 Å². The lowest BCUT2D eigenvalue weighted by Gasteiger charge is -2.43. The van der Waals surface area contributed by atoms with Crippen LogP contribution in [0.15, 0.2) is 6.33 Å². The van der Waals surface area contributed by atoms with Crippen molar-refractivity contribution >= 4 is 23.2 Å². The zero-order valence-electron chi connectivity index (χ0n) is 7.17. The zero-order chi connectivity index (χ0) is 9.64. The van der Waals surface area contributed by atoms with Gasteiger partial charge in [-0.15, -0.1) is 0 Å². The van der Waals surface area contributed by atoms with Gasteiger partial charge in [-0.2, -0.15) is 0 Å². The minimum atomic E-state index is -0.673. The summed E-state index contributed by atoms with van der Waals surface area (Å²) in [5, 5.41) is 10.5. The van der Waals surface area contributed by atoms with Crippen molar-refractivity contribution in [1.29, 1.82) is 0 Å². The zero-order valence-corrected chi connectivity index (χ0v) is 8.68. The van der Waals surface area contributed by atoms with Gasteiger partial charge in [0.15, 0.2) is 5.15 Å². The molecule has 1 aromatic rings. The van der Waals surface area contributed by atoms with Crippen LogP contribution in [0.4, 0.5) is 0 Å². The Morgan fingerprint density at radius 2 is 2.38 bits per heavy atom. The van der Waals surface area contributed by atoms with Gasteiger partial charge in [-0.25, -0.2) is 4.98 Å². The highest BCUT2D eigenvalue weighted by Gasteiger charge is 2.43. The quantitative estimate of drug-likeness (QED) is 0.789. The fourth-order valence-corrected chi connectivity index (χ4v) is 2.02. The monoisotopic (exact) mass is 220 g/mol. The molecule has 72 valence electrons. The number of imidazole rings is 1. The first-order valence-electron chi connectivity index (χ1n) is 4.12. The summed E-state index contributed by atoms with van der Waals surface area (Å²) in [6.07, 6.45) is 3.28. The molecule has 1 heterocycles. The van der Waals surface area contributed by atoms with Crippen LogP contribution >= 0.6 is 23.2 Å². The van der Waals surface area contributed by atoms with E-state index in [0.717, 1.165) is 12.8 Å². The summed E-state index contributed by atoms with van der Waals surface area (Å²) in [4.78, 5) is 3.87. The smallest absolute Gasteiger partial charge is 0.166 e. The first-order chi connectivity index (χ1) is 6.02. The fourth-order valence-electron chi connectivity index (χ4n) is 1.67. The van der Waals surface area contributed by atoms with Crippen LogP contribution < -0.4 is 0 Å². The van der Waals surface area contributed by atoms with E-state index in [0.29, 0.717) is 10.3 Å². The average molecular weight is 221 g/mol. The number of hydrogen-bond acceptors (Lipinski definition) is 2. The van der Waals surface area contributed by atoms with Gasteiger partial charge in [-0.05, 0) is 19.8 Å². The highest BCUT2D eigenvalue weighted by Crippen LogP contribution is 2.44. The van der Waals surface area contributed by atoms with Gasteiger partial charge < -0.3 is 9.67 Å².